The third-order valence-electron chi connectivity index (χ3n) is 6.35. The molecule has 3 atom stereocenters. The molecule has 146 valence electrons. The predicted octanol–water partition coefficient (Wildman–Crippen LogP) is 2.47. The van der Waals surface area contributed by atoms with E-state index in [1.807, 2.05) is 11.4 Å². The number of H-pyrrole nitrogens is 1. The van der Waals surface area contributed by atoms with Gasteiger partial charge in [-0.3, -0.25) is 9.36 Å². The van der Waals surface area contributed by atoms with Crippen LogP contribution < -0.4 is 21.3 Å². The van der Waals surface area contributed by atoms with Gasteiger partial charge in [-0.25, -0.2) is 4.79 Å². The van der Waals surface area contributed by atoms with Crippen molar-refractivity contribution in [1.82, 2.24) is 14.9 Å². The maximum Gasteiger partial charge on any atom is 0.328 e. The molecule has 0 bridgehead atoms. The van der Waals surface area contributed by atoms with Crippen LogP contribution in [0.4, 0.5) is 0 Å². The van der Waals surface area contributed by atoms with Gasteiger partial charge in [0.05, 0.1) is 12.6 Å². The number of benzene rings is 1. The number of thiophene rings is 1. The molecule has 2 aromatic heterocycles. The zero-order valence-corrected chi connectivity index (χ0v) is 16.6. The first-order valence-corrected chi connectivity index (χ1v) is 10.6. The lowest BCUT2D eigenvalue weighted by Crippen LogP contribution is -2.37. The van der Waals surface area contributed by atoms with Crippen LogP contribution in [0.15, 0.2) is 39.2 Å². The average Bonchev–Trinajstić information content (AvgIpc) is 3.34. The standard InChI is InChI=1S/C21H23N3O3S/c1-27-17-4-2-3-14-13(17)6-5-12-11-22-15(18(12)14)7-9-24-20(25)19-16(8-10-28-19)23-21(24)26/h2-4,8,10,12,15,18,22H,5-7,9,11H2,1H3,(H,23,26)/t12-,15?,18+/m0/s1. The van der Waals surface area contributed by atoms with E-state index in [0.717, 1.165) is 31.6 Å². The van der Waals surface area contributed by atoms with E-state index in [1.54, 1.807) is 13.2 Å². The van der Waals surface area contributed by atoms with Gasteiger partial charge in [-0.15, -0.1) is 11.3 Å². The molecule has 0 radical (unpaired) electrons. The average molecular weight is 398 g/mol. The van der Waals surface area contributed by atoms with E-state index in [1.165, 1.54) is 27.0 Å². The molecule has 3 aromatic rings. The quantitative estimate of drug-likeness (QED) is 0.709. The number of ether oxygens (including phenoxy) is 1. The molecule has 1 aliphatic carbocycles. The number of nitrogens with zero attached hydrogens (tertiary/aromatic N) is 1. The molecule has 1 aromatic carbocycles. The minimum Gasteiger partial charge on any atom is -0.496 e. The van der Waals surface area contributed by atoms with Gasteiger partial charge in [0.2, 0.25) is 0 Å². The van der Waals surface area contributed by atoms with Crippen molar-refractivity contribution < 1.29 is 4.74 Å². The van der Waals surface area contributed by atoms with Gasteiger partial charge in [0.15, 0.2) is 0 Å². The first kappa shape index (κ1) is 17.7. The molecule has 1 unspecified atom stereocenters. The van der Waals surface area contributed by atoms with Gasteiger partial charge in [-0.05, 0) is 60.4 Å². The Labute approximate surface area is 166 Å². The number of hydrogen-bond acceptors (Lipinski definition) is 5. The molecule has 1 aliphatic heterocycles. The highest BCUT2D eigenvalue weighted by molar-refractivity contribution is 7.17. The summed E-state index contributed by atoms with van der Waals surface area (Å²) in [5, 5.41) is 5.49. The van der Waals surface area contributed by atoms with Crippen molar-refractivity contribution in [3.63, 3.8) is 0 Å². The molecular formula is C21H23N3O3S. The normalized spacial score (nSPS) is 23.5. The minimum absolute atomic E-state index is 0.186. The van der Waals surface area contributed by atoms with Gasteiger partial charge in [0.25, 0.3) is 5.56 Å². The molecule has 5 rings (SSSR count). The van der Waals surface area contributed by atoms with Crippen LogP contribution in [0.3, 0.4) is 0 Å². The Morgan fingerprint density at radius 1 is 1.29 bits per heavy atom. The predicted molar refractivity (Wildman–Crippen MR) is 111 cm³/mol. The van der Waals surface area contributed by atoms with Crippen LogP contribution in [0, 0.1) is 5.92 Å². The molecule has 28 heavy (non-hydrogen) atoms. The van der Waals surface area contributed by atoms with Crippen LogP contribution in [-0.4, -0.2) is 29.2 Å². The molecule has 7 heteroatoms. The van der Waals surface area contributed by atoms with Crippen LogP contribution in [0.25, 0.3) is 10.2 Å². The fourth-order valence-corrected chi connectivity index (χ4v) is 5.84. The van der Waals surface area contributed by atoms with E-state index in [-0.39, 0.29) is 17.3 Å². The van der Waals surface area contributed by atoms with Gasteiger partial charge in [-0.1, -0.05) is 12.1 Å². The highest BCUT2D eigenvalue weighted by Crippen LogP contribution is 2.45. The van der Waals surface area contributed by atoms with E-state index >= 15 is 0 Å². The Kier molecular flexibility index (Phi) is 4.36. The summed E-state index contributed by atoms with van der Waals surface area (Å²) >= 11 is 1.37. The molecule has 1 fully saturated rings. The maximum atomic E-state index is 12.7. The van der Waals surface area contributed by atoms with Crippen LogP contribution >= 0.6 is 11.3 Å². The third-order valence-corrected chi connectivity index (χ3v) is 7.25. The van der Waals surface area contributed by atoms with E-state index < -0.39 is 0 Å². The summed E-state index contributed by atoms with van der Waals surface area (Å²) in [7, 11) is 1.73. The lowest BCUT2D eigenvalue weighted by molar-refractivity contribution is 0.371. The summed E-state index contributed by atoms with van der Waals surface area (Å²) in [6, 6.07) is 8.34. The van der Waals surface area contributed by atoms with Crippen LogP contribution in [-0.2, 0) is 13.0 Å². The fourth-order valence-electron chi connectivity index (χ4n) is 5.04. The zero-order chi connectivity index (χ0) is 19.3. The van der Waals surface area contributed by atoms with E-state index in [4.69, 9.17) is 4.74 Å². The highest BCUT2D eigenvalue weighted by atomic mass is 32.1. The summed E-state index contributed by atoms with van der Waals surface area (Å²) in [5.74, 6) is 1.97. The number of fused-ring (bicyclic) bond motifs is 4. The summed E-state index contributed by atoms with van der Waals surface area (Å²) in [6.45, 7) is 1.41. The molecule has 0 spiro atoms. The van der Waals surface area contributed by atoms with Crippen LogP contribution in [0.1, 0.15) is 29.9 Å². The van der Waals surface area contributed by atoms with Crippen molar-refractivity contribution in [3.05, 3.63) is 61.6 Å². The molecule has 2 N–H and O–H groups in total. The highest BCUT2D eigenvalue weighted by Gasteiger charge is 2.40. The number of hydrogen-bond donors (Lipinski definition) is 2. The first-order valence-electron chi connectivity index (χ1n) is 9.77. The fraction of sp³-hybridized carbons (Fsp3) is 0.429. The Bertz CT molecular complexity index is 1150. The number of nitrogens with one attached hydrogen (secondary N) is 2. The van der Waals surface area contributed by atoms with Crippen molar-refractivity contribution in [2.75, 3.05) is 13.7 Å². The van der Waals surface area contributed by atoms with Crippen molar-refractivity contribution in [3.8, 4) is 5.75 Å². The number of rotatable bonds is 4. The van der Waals surface area contributed by atoms with Gasteiger partial charge < -0.3 is 15.0 Å². The van der Waals surface area contributed by atoms with Crippen LogP contribution in [0.5, 0.6) is 5.75 Å². The van der Waals surface area contributed by atoms with Gasteiger partial charge in [0, 0.05) is 18.5 Å². The second-order valence-electron chi connectivity index (χ2n) is 7.71. The Hall–Kier alpha value is -2.38. The molecule has 0 saturated carbocycles. The smallest absolute Gasteiger partial charge is 0.328 e. The molecule has 0 amide bonds. The minimum atomic E-state index is -0.323. The Morgan fingerprint density at radius 3 is 3.04 bits per heavy atom. The Morgan fingerprint density at radius 2 is 2.18 bits per heavy atom. The number of methoxy groups -OCH3 is 1. The molecule has 2 aliphatic rings. The summed E-state index contributed by atoms with van der Waals surface area (Å²) < 4.78 is 7.55. The largest absolute Gasteiger partial charge is 0.496 e. The van der Waals surface area contributed by atoms with Gasteiger partial charge in [-0.2, -0.15) is 0 Å². The van der Waals surface area contributed by atoms with Crippen molar-refractivity contribution >= 4 is 21.6 Å². The van der Waals surface area contributed by atoms with Crippen LogP contribution in [0.2, 0.25) is 0 Å². The molecular weight excluding hydrogens is 374 g/mol. The molecule has 6 nitrogen and oxygen atoms in total. The van der Waals surface area contributed by atoms with E-state index in [2.05, 4.69) is 22.4 Å². The Balaban J connectivity index is 1.44. The summed E-state index contributed by atoms with van der Waals surface area (Å²) in [6.07, 6.45) is 2.93. The number of aromatic amines is 1. The first-order chi connectivity index (χ1) is 13.7. The van der Waals surface area contributed by atoms with Gasteiger partial charge in [0.1, 0.15) is 10.4 Å². The molecule has 1 saturated heterocycles. The lowest BCUT2D eigenvalue weighted by Gasteiger charge is -2.32. The van der Waals surface area contributed by atoms with E-state index in [0.29, 0.717) is 28.6 Å². The monoisotopic (exact) mass is 397 g/mol. The van der Waals surface area contributed by atoms with Crippen molar-refractivity contribution in [2.45, 2.75) is 37.8 Å². The zero-order valence-electron chi connectivity index (χ0n) is 15.7. The van der Waals surface area contributed by atoms with Crippen molar-refractivity contribution in [2.24, 2.45) is 5.92 Å². The third kappa shape index (κ3) is 2.72. The van der Waals surface area contributed by atoms with Gasteiger partial charge >= 0.3 is 5.69 Å². The van der Waals surface area contributed by atoms with Crippen molar-refractivity contribution in [1.29, 1.82) is 0 Å². The maximum absolute atomic E-state index is 12.7. The number of aromatic nitrogens is 2. The lowest BCUT2D eigenvalue weighted by atomic mass is 9.73. The summed E-state index contributed by atoms with van der Waals surface area (Å²) in [5.41, 5.74) is 2.80. The second-order valence-corrected chi connectivity index (χ2v) is 8.62. The van der Waals surface area contributed by atoms with E-state index in [9.17, 15) is 9.59 Å². The summed E-state index contributed by atoms with van der Waals surface area (Å²) in [4.78, 5) is 27.9. The topological polar surface area (TPSA) is 76.1 Å². The SMILES string of the molecule is COc1cccc2c1CC[C@H]1CNC(CCn3c(=O)[nH]c4ccsc4c3=O)[C@@H]21. The molecule has 3 heterocycles. The second kappa shape index (κ2) is 6.90.